The number of aliphatic hydroxyl groups is 4. The van der Waals surface area contributed by atoms with E-state index in [0.29, 0.717) is 76.4 Å². The summed E-state index contributed by atoms with van der Waals surface area (Å²) in [6.07, 6.45) is 19.2. The number of hydrogen-bond donors (Lipinski definition) is 5. The fourth-order valence-electron chi connectivity index (χ4n) is 7.79. The van der Waals surface area contributed by atoms with Crippen LogP contribution in [0.2, 0.25) is 0 Å². The van der Waals surface area contributed by atoms with Crippen molar-refractivity contribution in [3.8, 4) is 5.75 Å². The molecule has 1 aromatic rings. The summed E-state index contributed by atoms with van der Waals surface area (Å²) in [5.74, 6) is -4.57. The van der Waals surface area contributed by atoms with Crippen molar-refractivity contribution in [2.24, 2.45) is 23.7 Å². The number of ketones is 1. The number of esters is 1. The molecule has 0 radical (unpaired) electrons. The molecule has 0 aliphatic heterocycles. The minimum atomic E-state index is -3.20. The SMILES string of the molecule is CC(C)OC(=O)CCC/C=C\C[C@@H]1[C@@H](/C=C/C(F)(F)COc2ccccc2)[C@H](O)C[C@@H]1O.CCCCCCCC(=O)CC[C@@H]1[C@@H](C/C=C\CCCC(=O)O)[C@@H](O)C[C@H]1O. The number of unbranched alkanes of at least 4 members (excludes halogenated alkanes) is 6. The number of rotatable bonds is 27. The molecule has 0 unspecified atom stereocenters. The molecular formula is C47H72F2O10. The van der Waals surface area contributed by atoms with Crippen molar-refractivity contribution in [1.82, 2.24) is 0 Å². The first-order valence-corrected chi connectivity index (χ1v) is 21.8. The number of benzene rings is 1. The highest BCUT2D eigenvalue weighted by Crippen LogP contribution is 2.39. The summed E-state index contributed by atoms with van der Waals surface area (Å²) in [7, 11) is 0. The van der Waals surface area contributed by atoms with Gasteiger partial charge in [0, 0.05) is 38.0 Å². The molecule has 0 bridgehead atoms. The Morgan fingerprint density at radius 3 is 1.98 bits per heavy atom. The monoisotopic (exact) mass is 835 g/mol. The molecule has 12 heteroatoms. The topological polar surface area (TPSA) is 171 Å². The van der Waals surface area contributed by atoms with E-state index in [-0.39, 0.29) is 48.5 Å². The molecular weight excluding hydrogens is 763 g/mol. The van der Waals surface area contributed by atoms with Crippen LogP contribution in [0.5, 0.6) is 5.75 Å². The van der Waals surface area contributed by atoms with Crippen molar-refractivity contribution in [2.75, 3.05) is 6.61 Å². The second-order valence-electron chi connectivity index (χ2n) is 16.4. The highest BCUT2D eigenvalue weighted by molar-refractivity contribution is 5.78. The normalized spacial score (nSPS) is 24.6. The van der Waals surface area contributed by atoms with Gasteiger partial charge in [-0.15, -0.1) is 0 Å². The maximum atomic E-state index is 14.2. The lowest BCUT2D eigenvalue weighted by Crippen LogP contribution is -2.25. The van der Waals surface area contributed by atoms with Gasteiger partial charge in [0.25, 0.3) is 5.92 Å². The van der Waals surface area contributed by atoms with Crippen molar-refractivity contribution in [3.05, 3.63) is 66.8 Å². The van der Waals surface area contributed by atoms with Crippen LogP contribution in [0.25, 0.3) is 0 Å². The average molecular weight is 835 g/mol. The van der Waals surface area contributed by atoms with Gasteiger partial charge in [0.1, 0.15) is 11.5 Å². The molecule has 2 fully saturated rings. The summed E-state index contributed by atoms with van der Waals surface area (Å²) in [6, 6.07) is 8.39. The van der Waals surface area contributed by atoms with E-state index in [4.69, 9.17) is 14.6 Å². The Kier molecular flexibility index (Phi) is 25.3. The van der Waals surface area contributed by atoms with E-state index in [1.807, 2.05) is 24.3 Å². The number of aliphatic carboxylic acids is 1. The van der Waals surface area contributed by atoms with E-state index in [1.165, 1.54) is 25.3 Å². The van der Waals surface area contributed by atoms with E-state index in [1.54, 1.807) is 44.2 Å². The fraction of sp³-hybridized carbons (Fsp3) is 0.681. The summed E-state index contributed by atoms with van der Waals surface area (Å²) in [4.78, 5) is 34.1. The summed E-state index contributed by atoms with van der Waals surface area (Å²) in [5.41, 5.74) is 0. The molecule has 59 heavy (non-hydrogen) atoms. The number of para-hydroxylation sites is 1. The van der Waals surface area contributed by atoms with Crippen LogP contribution in [-0.4, -0.2) is 86.3 Å². The van der Waals surface area contributed by atoms with E-state index in [0.717, 1.165) is 18.9 Å². The van der Waals surface area contributed by atoms with Crippen LogP contribution < -0.4 is 4.74 Å². The van der Waals surface area contributed by atoms with Gasteiger partial charge in [-0.05, 0) is 108 Å². The molecule has 0 aromatic heterocycles. The zero-order valence-corrected chi connectivity index (χ0v) is 35.5. The van der Waals surface area contributed by atoms with Gasteiger partial charge >= 0.3 is 11.9 Å². The van der Waals surface area contributed by atoms with Crippen LogP contribution in [0.3, 0.4) is 0 Å². The number of alkyl halides is 2. The number of aliphatic hydroxyl groups excluding tert-OH is 4. The highest BCUT2D eigenvalue weighted by atomic mass is 19.3. The van der Waals surface area contributed by atoms with Crippen molar-refractivity contribution in [3.63, 3.8) is 0 Å². The Hall–Kier alpha value is -3.45. The summed E-state index contributed by atoms with van der Waals surface area (Å²) in [6.45, 7) is 4.98. The third kappa shape index (κ3) is 22.1. The van der Waals surface area contributed by atoms with E-state index < -0.39 is 48.8 Å². The molecule has 0 spiro atoms. The van der Waals surface area contributed by atoms with Crippen molar-refractivity contribution < 1.29 is 58.2 Å². The van der Waals surface area contributed by atoms with Crippen LogP contribution >= 0.6 is 0 Å². The van der Waals surface area contributed by atoms with Crippen LogP contribution in [0.4, 0.5) is 8.78 Å². The number of Topliss-reactive ketones (excluding diaryl/α,β-unsaturated/α-hetero) is 1. The van der Waals surface area contributed by atoms with Crippen LogP contribution in [0.15, 0.2) is 66.8 Å². The van der Waals surface area contributed by atoms with Gasteiger partial charge in [-0.1, -0.05) is 81.2 Å². The summed E-state index contributed by atoms with van der Waals surface area (Å²) < 4.78 is 38.7. The van der Waals surface area contributed by atoms with Gasteiger partial charge in [0.2, 0.25) is 0 Å². The third-order valence-electron chi connectivity index (χ3n) is 11.0. The standard InChI is InChI=1S/C25H34F2O5.C22H38O5/c1-18(2)32-24(30)13-9-4-3-8-12-20-21(23(29)16-22(20)28)14-15-25(26,27)17-31-19-10-6-5-7-11-19;1-2-3-4-5-8-11-17(23)14-15-19-18(20(24)16-21(19)25)12-9-6-7-10-13-22(26)27/h3,5-8,10-11,14-15,18,20-23,28-29H,4,9,12-13,16-17H2,1-2H3;6,9,18-21,24-25H,2-5,7-8,10-16H2,1H3,(H,26,27)/b8-3-,15-14+;9-6-/t20-,21-,22+,23-;18-,19-,20+,21-/m11/s1. The Bertz CT molecular complexity index is 1410. The largest absolute Gasteiger partial charge is 0.487 e. The van der Waals surface area contributed by atoms with Crippen LogP contribution in [0.1, 0.15) is 136 Å². The maximum absolute atomic E-state index is 14.2. The van der Waals surface area contributed by atoms with Gasteiger partial charge in [-0.25, -0.2) is 0 Å². The summed E-state index contributed by atoms with van der Waals surface area (Å²) in [5, 5.41) is 49.6. The summed E-state index contributed by atoms with van der Waals surface area (Å²) >= 11 is 0. The molecule has 0 amide bonds. The van der Waals surface area contributed by atoms with Crippen LogP contribution in [-0.2, 0) is 19.1 Å². The number of carbonyl (C=O) groups is 3. The van der Waals surface area contributed by atoms with Gasteiger partial charge < -0.3 is 35.0 Å². The number of carboxylic acids is 1. The molecule has 0 saturated heterocycles. The molecule has 334 valence electrons. The molecule has 2 aliphatic carbocycles. The van der Waals surface area contributed by atoms with E-state index in [9.17, 15) is 43.6 Å². The zero-order valence-electron chi connectivity index (χ0n) is 35.5. The minimum absolute atomic E-state index is 0.0203. The molecule has 8 atom stereocenters. The number of hydrogen-bond acceptors (Lipinski definition) is 9. The molecule has 5 N–H and O–H groups in total. The molecule has 0 heterocycles. The first kappa shape index (κ1) is 51.7. The first-order chi connectivity index (χ1) is 28.1. The van der Waals surface area contributed by atoms with Gasteiger partial charge in [0.05, 0.1) is 30.5 Å². The second kappa shape index (κ2) is 28.9. The molecule has 2 aliphatic rings. The van der Waals surface area contributed by atoms with Crippen molar-refractivity contribution >= 4 is 17.7 Å². The lowest BCUT2D eigenvalue weighted by Gasteiger charge is -2.22. The van der Waals surface area contributed by atoms with Crippen molar-refractivity contribution in [1.29, 1.82) is 0 Å². The number of carboxylic acid groups (broad SMARTS) is 1. The minimum Gasteiger partial charge on any atom is -0.487 e. The number of carbonyl (C=O) groups excluding carboxylic acids is 2. The van der Waals surface area contributed by atoms with E-state index >= 15 is 0 Å². The van der Waals surface area contributed by atoms with E-state index in [2.05, 4.69) is 6.92 Å². The Morgan fingerprint density at radius 2 is 1.34 bits per heavy atom. The quantitative estimate of drug-likeness (QED) is 0.0328. The Morgan fingerprint density at radius 1 is 0.746 bits per heavy atom. The number of halogens is 2. The van der Waals surface area contributed by atoms with Crippen molar-refractivity contribution in [2.45, 2.75) is 173 Å². The molecule has 1 aromatic carbocycles. The van der Waals surface area contributed by atoms with Gasteiger partial charge in [0.15, 0.2) is 6.61 Å². The van der Waals surface area contributed by atoms with Crippen LogP contribution in [0, 0.1) is 23.7 Å². The number of allylic oxidation sites excluding steroid dienone is 4. The zero-order chi connectivity index (χ0) is 43.6. The Balaban J connectivity index is 0.000000413. The predicted octanol–water partition coefficient (Wildman–Crippen LogP) is 8.94. The fourth-order valence-corrected chi connectivity index (χ4v) is 7.79. The third-order valence-corrected chi connectivity index (χ3v) is 11.0. The number of ether oxygens (including phenoxy) is 2. The molecule has 2 saturated carbocycles. The van der Waals surface area contributed by atoms with Gasteiger partial charge in [-0.3, -0.25) is 14.4 Å². The predicted molar refractivity (Wildman–Crippen MR) is 225 cm³/mol. The smallest absolute Gasteiger partial charge is 0.306 e. The second-order valence-corrected chi connectivity index (χ2v) is 16.4. The average Bonchev–Trinajstić information content (AvgIpc) is 3.61. The first-order valence-electron chi connectivity index (χ1n) is 21.8. The lowest BCUT2D eigenvalue weighted by atomic mass is 9.86. The van der Waals surface area contributed by atoms with Gasteiger partial charge in [-0.2, -0.15) is 8.78 Å². The maximum Gasteiger partial charge on any atom is 0.306 e. The highest BCUT2D eigenvalue weighted by Gasteiger charge is 2.41. The Labute approximate surface area is 350 Å². The molecule has 3 rings (SSSR count). The lowest BCUT2D eigenvalue weighted by molar-refractivity contribution is -0.147. The molecule has 10 nitrogen and oxygen atoms in total.